The second kappa shape index (κ2) is 12.5. The molecule has 1 heterocycles. The lowest BCUT2D eigenvalue weighted by atomic mass is 9.97. The van der Waals surface area contributed by atoms with Crippen LogP contribution in [0.5, 0.6) is 0 Å². The van der Waals surface area contributed by atoms with Crippen molar-refractivity contribution in [1.29, 1.82) is 0 Å². The maximum atomic E-state index is 4.88. The summed E-state index contributed by atoms with van der Waals surface area (Å²) in [6.07, 6.45) is 6.46. The van der Waals surface area contributed by atoms with E-state index in [0.29, 0.717) is 6.04 Å². The smallest absolute Gasteiger partial charge is 0.191 e. The fourth-order valence-electron chi connectivity index (χ4n) is 3.33. The van der Waals surface area contributed by atoms with E-state index in [0.717, 1.165) is 51.1 Å². The van der Waals surface area contributed by atoms with Crippen LogP contribution in [0.1, 0.15) is 52.9 Å². The van der Waals surface area contributed by atoms with Crippen molar-refractivity contribution < 1.29 is 0 Å². The predicted octanol–water partition coefficient (Wildman–Crippen LogP) is 2.39. The van der Waals surface area contributed by atoms with Gasteiger partial charge >= 0.3 is 0 Å². The molecule has 1 aliphatic rings. The number of hydrogen-bond acceptors (Lipinski definition) is 3. The number of nitrogens with one attached hydrogen (secondary N) is 2. The summed E-state index contributed by atoms with van der Waals surface area (Å²) in [4.78, 5) is 9.75. The summed E-state index contributed by atoms with van der Waals surface area (Å²) < 4.78 is 0. The second-order valence-corrected chi connectivity index (χ2v) is 7.29. The van der Waals surface area contributed by atoms with Crippen molar-refractivity contribution in [2.24, 2.45) is 10.9 Å². The quantitative estimate of drug-likeness (QED) is 0.474. The van der Waals surface area contributed by atoms with Crippen molar-refractivity contribution in [3.05, 3.63) is 0 Å². The summed E-state index contributed by atoms with van der Waals surface area (Å²) in [7, 11) is 4.44. The van der Waals surface area contributed by atoms with Gasteiger partial charge in [-0.3, -0.25) is 9.89 Å². The Morgan fingerprint density at radius 3 is 2.54 bits per heavy atom. The Hall–Kier alpha value is -0.810. The molecule has 0 saturated carbocycles. The average molecular weight is 340 g/mol. The molecule has 0 aromatic carbocycles. The molecular formula is C19H41N5. The van der Waals surface area contributed by atoms with Crippen LogP contribution in [0.15, 0.2) is 4.99 Å². The molecule has 0 bridgehead atoms. The second-order valence-electron chi connectivity index (χ2n) is 7.29. The zero-order valence-electron chi connectivity index (χ0n) is 16.8. The number of aliphatic imine (C=N–C) groups is 1. The Morgan fingerprint density at radius 1 is 1.08 bits per heavy atom. The Balaban J connectivity index is 2.50. The highest BCUT2D eigenvalue weighted by molar-refractivity contribution is 5.79. The molecule has 0 amide bonds. The van der Waals surface area contributed by atoms with E-state index in [-0.39, 0.29) is 0 Å². The minimum Gasteiger partial charge on any atom is -0.357 e. The van der Waals surface area contributed by atoms with Gasteiger partial charge in [0.15, 0.2) is 5.96 Å². The fourth-order valence-corrected chi connectivity index (χ4v) is 3.33. The van der Waals surface area contributed by atoms with Gasteiger partial charge in [0, 0.05) is 45.3 Å². The van der Waals surface area contributed by atoms with E-state index in [1.807, 2.05) is 0 Å². The SMILES string of the molecule is CCCCC(CCC)CN=C(NCC)NCC1CN(C)CCN1C. The molecular weight excluding hydrogens is 298 g/mol. The van der Waals surface area contributed by atoms with Gasteiger partial charge < -0.3 is 15.5 Å². The normalized spacial score (nSPS) is 21.7. The van der Waals surface area contributed by atoms with Crippen LogP contribution in [0.2, 0.25) is 0 Å². The predicted molar refractivity (Wildman–Crippen MR) is 106 cm³/mol. The monoisotopic (exact) mass is 339 g/mol. The fraction of sp³-hybridized carbons (Fsp3) is 0.947. The summed E-state index contributed by atoms with van der Waals surface area (Å²) in [5, 5.41) is 6.97. The lowest BCUT2D eigenvalue weighted by molar-refractivity contribution is 0.116. The molecule has 2 N–H and O–H groups in total. The van der Waals surface area contributed by atoms with Crippen LogP contribution in [0.3, 0.4) is 0 Å². The number of rotatable bonds is 10. The first-order chi connectivity index (χ1) is 11.6. The highest BCUT2D eigenvalue weighted by atomic mass is 15.3. The molecule has 0 aromatic heterocycles. The van der Waals surface area contributed by atoms with E-state index in [1.54, 1.807) is 0 Å². The van der Waals surface area contributed by atoms with E-state index in [1.165, 1.54) is 32.1 Å². The molecule has 24 heavy (non-hydrogen) atoms. The first-order valence-corrected chi connectivity index (χ1v) is 10.0. The van der Waals surface area contributed by atoms with Gasteiger partial charge in [-0.15, -0.1) is 0 Å². The summed E-state index contributed by atoms with van der Waals surface area (Å²) in [6, 6.07) is 0.555. The number of guanidine groups is 1. The van der Waals surface area contributed by atoms with E-state index in [2.05, 4.69) is 55.3 Å². The summed E-state index contributed by atoms with van der Waals surface area (Å²) in [6.45, 7) is 12.9. The number of unbranched alkanes of at least 4 members (excludes halogenated alkanes) is 1. The van der Waals surface area contributed by atoms with Crippen molar-refractivity contribution >= 4 is 5.96 Å². The Kier molecular flexibility index (Phi) is 11.1. The maximum Gasteiger partial charge on any atom is 0.191 e. The molecule has 0 aromatic rings. The van der Waals surface area contributed by atoms with Gasteiger partial charge in [-0.05, 0) is 39.8 Å². The number of nitrogens with zero attached hydrogens (tertiary/aromatic N) is 3. The van der Waals surface area contributed by atoms with E-state index >= 15 is 0 Å². The van der Waals surface area contributed by atoms with E-state index in [9.17, 15) is 0 Å². The maximum absolute atomic E-state index is 4.88. The van der Waals surface area contributed by atoms with Crippen LogP contribution >= 0.6 is 0 Å². The first-order valence-electron chi connectivity index (χ1n) is 10.0. The number of hydrogen-bond donors (Lipinski definition) is 2. The first kappa shape index (κ1) is 21.2. The van der Waals surface area contributed by atoms with Crippen molar-refractivity contribution in [2.45, 2.75) is 58.9 Å². The molecule has 1 saturated heterocycles. The van der Waals surface area contributed by atoms with Gasteiger partial charge in [-0.1, -0.05) is 33.1 Å². The van der Waals surface area contributed by atoms with Crippen molar-refractivity contribution in [3.63, 3.8) is 0 Å². The Bertz CT molecular complexity index is 345. The lowest BCUT2D eigenvalue weighted by Crippen LogP contribution is -2.55. The van der Waals surface area contributed by atoms with Gasteiger partial charge in [0.05, 0.1) is 0 Å². The molecule has 0 aliphatic carbocycles. The zero-order valence-corrected chi connectivity index (χ0v) is 16.8. The summed E-state index contributed by atoms with van der Waals surface area (Å²) in [5.41, 5.74) is 0. The van der Waals surface area contributed by atoms with Crippen LogP contribution in [-0.4, -0.2) is 75.2 Å². The summed E-state index contributed by atoms with van der Waals surface area (Å²) >= 11 is 0. The van der Waals surface area contributed by atoms with Gasteiger partial charge in [0.2, 0.25) is 0 Å². The largest absolute Gasteiger partial charge is 0.357 e. The van der Waals surface area contributed by atoms with Crippen LogP contribution in [-0.2, 0) is 0 Å². The van der Waals surface area contributed by atoms with Gasteiger partial charge in [-0.25, -0.2) is 0 Å². The van der Waals surface area contributed by atoms with Crippen LogP contribution in [0.25, 0.3) is 0 Å². The number of piperazine rings is 1. The third-order valence-corrected chi connectivity index (χ3v) is 5.00. The molecule has 5 heteroatoms. The molecule has 1 fully saturated rings. The molecule has 2 unspecified atom stereocenters. The van der Waals surface area contributed by atoms with Gasteiger partial charge in [0.25, 0.3) is 0 Å². The van der Waals surface area contributed by atoms with E-state index < -0.39 is 0 Å². The van der Waals surface area contributed by atoms with Crippen LogP contribution < -0.4 is 10.6 Å². The third kappa shape index (κ3) is 8.34. The van der Waals surface area contributed by atoms with Gasteiger partial charge in [-0.2, -0.15) is 0 Å². The highest BCUT2D eigenvalue weighted by Gasteiger charge is 2.22. The van der Waals surface area contributed by atoms with Crippen molar-refractivity contribution in [3.8, 4) is 0 Å². The van der Waals surface area contributed by atoms with Crippen molar-refractivity contribution in [1.82, 2.24) is 20.4 Å². The zero-order chi connectivity index (χ0) is 17.8. The van der Waals surface area contributed by atoms with E-state index in [4.69, 9.17) is 4.99 Å². The molecule has 5 nitrogen and oxygen atoms in total. The Morgan fingerprint density at radius 2 is 1.88 bits per heavy atom. The molecule has 0 radical (unpaired) electrons. The lowest BCUT2D eigenvalue weighted by Gasteiger charge is -2.38. The number of likely N-dealkylation sites (N-methyl/N-ethyl adjacent to an activating group) is 2. The van der Waals surface area contributed by atoms with Gasteiger partial charge in [0.1, 0.15) is 0 Å². The molecule has 1 rings (SSSR count). The van der Waals surface area contributed by atoms with Crippen LogP contribution in [0, 0.1) is 5.92 Å². The van der Waals surface area contributed by atoms with Crippen LogP contribution in [0.4, 0.5) is 0 Å². The molecule has 0 spiro atoms. The standard InChI is InChI=1S/C19H41N5/c1-6-9-11-17(10-7-2)14-21-19(20-8-3)22-15-18-16-23(4)12-13-24(18)5/h17-18H,6-16H2,1-5H3,(H2,20,21,22). The highest BCUT2D eigenvalue weighted by Crippen LogP contribution is 2.15. The molecule has 142 valence electrons. The third-order valence-electron chi connectivity index (χ3n) is 5.00. The molecule has 1 aliphatic heterocycles. The average Bonchev–Trinajstić information content (AvgIpc) is 2.57. The minimum atomic E-state index is 0.555. The van der Waals surface area contributed by atoms with Crippen molar-refractivity contribution in [2.75, 3.05) is 53.4 Å². The topological polar surface area (TPSA) is 42.9 Å². The molecule has 2 atom stereocenters. The Labute approximate surface area is 150 Å². The minimum absolute atomic E-state index is 0.555. The summed E-state index contributed by atoms with van der Waals surface area (Å²) in [5.74, 6) is 1.71.